The maximum Gasteiger partial charge on any atom is 0.344 e. The maximum absolute atomic E-state index is 12.7. The van der Waals surface area contributed by atoms with Crippen molar-refractivity contribution in [1.82, 2.24) is 0 Å². The third-order valence-electron chi connectivity index (χ3n) is 4.04. The van der Waals surface area contributed by atoms with Crippen LogP contribution in [0.25, 0.3) is 6.08 Å². The molecule has 0 bridgehead atoms. The minimum atomic E-state index is -1.11. The first kappa shape index (κ1) is 20.3. The number of rotatable bonds is 6. The smallest absolute Gasteiger partial charge is 0.344 e. The number of amides is 2. The average Bonchev–Trinajstić information content (AvgIpc) is 2.96. The number of carboxylic acids is 1. The summed E-state index contributed by atoms with van der Waals surface area (Å²) >= 11 is 0.794. The van der Waals surface area contributed by atoms with Crippen molar-refractivity contribution < 1.29 is 34.1 Å². The summed E-state index contributed by atoms with van der Waals surface area (Å²) in [6, 6.07) is 10.5. The van der Waals surface area contributed by atoms with Crippen molar-refractivity contribution in [2.45, 2.75) is 13.0 Å². The van der Waals surface area contributed by atoms with Crippen LogP contribution in [0.15, 0.2) is 47.4 Å². The Labute approximate surface area is 170 Å². The number of methoxy groups -OCH3 is 1. The van der Waals surface area contributed by atoms with Crippen molar-refractivity contribution in [3.8, 4) is 17.2 Å². The van der Waals surface area contributed by atoms with Gasteiger partial charge in [-0.3, -0.25) is 9.59 Å². The zero-order valence-corrected chi connectivity index (χ0v) is 16.3. The molecule has 1 saturated heterocycles. The Kier molecular flexibility index (Phi) is 5.79. The van der Waals surface area contributed by atoms with E-state index in [0.717, 1.165) is 16.7 Å². The minimum absolute atomic E-state index is 0.0304. The van der Waals surface area contributed by atoms with E-state index in [4.69, 9.17) is 14.6 Å². The van der Waals surface area contributed by atoms with Crippen LogP contribution in [0.5, 0.6) is 17.2 Å². The Balaban J connectivity index is 1.86. The number of phenols is 1. The zero-order valence-electron chi connectivity index (χ0n) is 15.5. The molecular formula is C20H17NO7S. The van der Waals surface area contributed by atoms with Crippen molar-refractivity contribution >= 4 is 40.6 Å². The molecule has 9 heteroatoms. The molecule has 3 rings (SSSR count). The highest BCUT2D eigenvalue weighted by atomic mass is 32.2. The summed E-state index contributed by atoms with van der Waals surface area (Å²) in [5, 5.41) is 17.9. The molecule has 1 atom stereocenters. The Morgan fingerprint density at radius 3 is 2.45 bits per heavy atom. The predicted octanol–water partition coefficient (Wildman–Crippen LogP) is 3.49. The number of carbonyl (C=O) groups excluding carboxylic acids is 2. The first-order chi connectivity index (χ1) is 13.8. The highest BCUT2D eigenvalue weighted by Crippen LogP contribution is 2.37. The molecule has 2 amide bonds. The molecule has 0 spiro atoms. The molecule has 2 N–H and O–H groups in total. The average molecular weight is 415 g/mol. The van der Waals surface area contributed by atoms with Crippen LogP contribution in [-0.2, 0) is 9.59 Å². The standard InChI is InChI=1S/C20H17NO7S/c1-11(19(24)25)28-15-8-3-12(9-16(15)27-2)10-17-18(23)21(20(26)29-17)13-4-6-14(22)7-5-13/h3-11,22H,1-2H3,(H,24,25)/b17-10+. The number of aromatic hydroxyl groups is 1. The summed E-state index contributed by atoms with van der Waals surface area (Å²) < 4.78 is 10.6. The number of carboxylic acid groups (broad SMARTS) is 1. The van der Waals surface area contributed by atoms with E-state index in [-0.39, 0.29) is 16.4 Å². The zero-order chi connectivity index (χ0) is 21.1. The molecule has 0 aromatic heterocycles. The fourth-order valence-corrected chi connectivity index (χ4v) is 3.40. The third kappa shape index (κ3) is 4.35. The fraction of sp³-hybridized carbons (Fsp3) is 0.150. The lowest BCUT2D eigenvalue weighted by Crippen LogP contribution is -2.27. The Morgan fingerprint density at radius 1 is 1.14 bits per heavy atom. The molecule has 8 nitrogen and oxygen atoms in total. The van der Waals surface area contributed by atoms with Crippen molar-refractivity contribution in [2.24, 2.45) is 0 Å². The molecule has 0 saturated carbocycles. The van der Waals surface area contributed by atoms with Gasteiger partial charge in [0, 0.05) is 0 Å². The highest BCUT2D eigenvalue weighted by molar-refractivity contribution is 8.19. The summed E-state index contributed by atoms with van der Waals surface area (Å²) in [6.07, 6.45) is 0.481. The number of phenolic OH excluding ortho intramolecular Hbond substituents is 1. The van der Waals surface area contributed by atoms with Gasteiger partial charge in [0.1, 0.15) is 5.75 Å². The number of thioether (sulfide) groups is 1. The van der Waals surface area contributed by atoms with Gasteiger partial charge < -0.3 is 19.7 Å². The first-order valence-electron chi connectivity index (χ1n) is 8.44. The van der Waals surface area contributed by atoms with E-state index in [1.54, 1.807) is 12.1 Å². The van der Waals surface area contributed by atoms with Crippen LogP contribution in [0, 0.1) is 0 Å². The molecule has 2 aromatic carbocycles. The van der Waals surface area contributed by atoms with Crippen LogP contribution in [0.3, 0.4) is 0 Å². The van der Waals surface area contributed by atoms with Gasteiger partial charge in [0.05, 0.1) is 17.7 Å². The summed E-state index contributed by atoms with van der Waals surface area (Å²) in [6.45, 7) is 1.40. The van der Waals surface area contributed by atoms with Crippen molar-refractivity contribution in [2.75, 3.05) is 12.0 Å². The van der Waals surface area contributed by atoms with E-state index < -0.39 is 23.2 Å². The Morgan fingerprint density at radius 2 is 1.83 bits per heavy atom. The molecule has 29 heavy (non-hydrogen) atoms. The van der Waals surface area contributed by atoms with Crippen molar-refractivity contribution in [1.29, 1.82) is 0 Å². The summed E-state index contributed by atoms with van der Waals surface area (Å²) in [5.41, 5.74) is 0.936. The topological polar surface area (TPSA) is 113 Å². The van der Waals surface area contributed by atoms with Gasteiger partial charge in [-0.1, -0.05) is 6.07 Å². The van der Waals surface area contributed by atoms with Gasteiger partial charge in [0.2, 0.25) is 0 Å². The molecule has 1 aliphatic heterocycles. The summed E-state index contributed by atoms with van der Waals surface area (Å²) in [7, 11) is 1.41. The molecule has 1 heterocycles. The number of hydrogen-bond acceptors (Lipinski definition) is 7. The number of hydrogen-bond donors (Lipinski definition) is 2. The largest absolute Gasteiger partial charge is 0.508 e. The SMILES string of the molecule is COc1cc(/C=C2/SC(=O)N(c3ccc(O)cc3)C2=O)ccc1OC(C)C(=O)O. The molecule has 0 aliphatic carbocycles. The molecule has 150 valence electrons. The summed E-state index contributed by atoms with van der Waals surface area (Å²) in [4.78, 5) is 37.2. The van der Waals surface area contributed by atoms with E-state index in [1.807, 2.05) is 0 Å². The van der Waals surface area contributed by atoms with Gasteiger partial charge in [-0.25, -0.2) is 9.69 Å². The normalized spacial score (nSPS) is 16.2. The van der Waals surface area contributed by atoms with Gasteiger partial charge in [-0.2, -0.15) is 0 Å². The fourth-order valence-electron chi connectivity index (χ4n) is 2.56. The van der Waals surface area contributed by atoms with Gasteiger partial charge in [0.15, 0.2) is 17.6 Å². The second kappa shape index (κ2) is 8.27. The summed E-state index contributed by atoms with van der Waals surface area (Å²) in [5.74, 6) is -1.02. The van der Waals surface area contributed by atoms with E-state index in [1.165, 1.54) is 50.4 Å². The molecule has 1 unspecified atom stereocenters. The molecule has 1 fully saturated rings. The Bertz CT molecular complexity index is 1000. The second-order valence-corrected chi connectivity index (χ2v) is 7.04. The quantitative estimate of drug-likeness (QED) is 0.690. The number of imide groups is 1. The van der Waals surface area contributed by atoms with Gasteiger partial charge in [-0.15, -0.1) is 0 Å². The first-order valence-corrected chi connectivity index (χ1v) is 9.26. The van der Waals surface area contributed by atoms with Crippen LogP contribution in [0.2, 0.25) is 0 Å². The van der Waals surface area contributed by atoms with Crippen LogP contribution >= 0.6 is 11.8 Å². The van der Waals surface area contributed by atoms with Crippen LogP contribution in [0.1, 0.15) is 12.5 Å². The van der Waals surface area contributed by atoms with Crippen molar-refractivity contribution in [3.05, 3.63) is 52.9 Å². The minimum Gasteiger partial charge on any atom is -0.508 e. The predicted molar refractivity (Wildman–Crippen MR) is 107 cm³/mol. The van der Waals surface area contributed by atoms with E-state index in [9.17, 15) is 19.5 Å². The Hall–Kier alpha value is -3.46. The molecular weight excluding hydrogens is 398 g/mol. The maximum atomic E-state index is 12.7. The number of ether oxygens (including phenoxy) is 2. The monoisotopic (exact) mass is 415 g/mol. The number of anilines is 1. The van der Waals surface area contributed by atoms with Crippen LogP contribution in [0.4, 0.5) is 10.5 Å². The van der Waals surface area contributed by atoms with E-state index in [0.29, 0.717) is 17.0 Å². The molecule has 0 radical (unpaired) electrons. The van der Waals surface area contributed by atoms with Crippen LogP contribution < -0.4 is 14.4 Å². The van der Waals surface area contributed by atoms with Gasteiger partial charge >= 0.3 is 5.97 Å². The lowest BCUT2D eigenvalue weighted by molar-refractivity contribution is -0.144. The lowest BCUT2D eigenvalue weighted by atomic mass is 10.1. The van der Waals surface area contributed by atoms with Crippen molar-refractivity contribution in [3.63, 3.8) is 0 Å². The van der Waals surface area contributed by atoms with Crippen LogP contribution in [-0.4, -0.2) is 40.5 Å². The number of carbonyl (C=O) groups is 3. The van der Waals surface area contributed by atoms with E-state index >= 15 is 0 Å². The molecule has 2 aromatic rings. The number of aliphatic carboxylic acids is 1. The molecule has 1 aliphatic rings. The van der Waals surface area contributed by atoms with Gasteiger partial charge in [-0.05, 0) is 66.7 Å². The number of benzene rings is 2. The second-order valence-electron chi connectivity index (χ2n) is 6.04. The lowest BCUT2D eigenvalue weighted by Gasteiger charge is -2.14. The highest BCUT2D eigenvalue weighted by Gasteiger charge is 2.36. The van der Waals surface area contributed by atoms with Gasteiger partial charge in [0.25, 0.3) is 11.1 Å². The number of nitrogens with zero attached hydrogens (tertiary/aromatic N) is 1. The van der Waals surface area contributed by atoms with E-state index in [2.05, 4.69) is 0 Å². The third-order valence-corrected chi connectivity index (χ3v) is 4.91.